The van der Waals surface area contributed by atoms with E-state index in [0.717, 1.165) is 64.3 Å². The number of hydrogen-bond acceptors (Lipinski definition) is 7. The number of aliphatic hydroxyl groups is 2. The topological polar surface area (TPSA) is 122 Å². The van der Waals surface area contributed by atoms with Crippen LogP contribution in [0.1, 0.15) is 96.8 Å². The van der Waals surface area contributed by atoms with Gasteiger partial charge in [0.1, 0.15) is 11.6 Å². The maximum atomic E-state index is 12.6. The molecule has 1 aliphatic heterocycles. The summed E-state index contributed by atoms with van der Waals surface area (Å²) in [6.07, 6.45) is 10.9. The average molecular weight is 509 g/mol. The standard InChI is InChI=1S/C29H52N2O5/c1-3-4-5-6-7-8-21(33)17-22(34)11-9-19-15-25(28(35)26(16-19)36-2)27-20(18-32)10-12-24-23(27)13-14-31-29(24)30/h19-20,23-29,31-32,35H,3-18,30H2,1-2H3. The van der Waals surface area contributed by atoms with Gasteiger partial charge in [-0.15, -0.1) is 0 Å². The molecule has 2 aliphatic carbocycles. The molecule has 0 aromatic carbocycles. The highest BCUT2D eigenvalue weighted by atomic mass is 16.5. The first kappa shape index (κ1) is 29.7. The van der Waals surface area contributed by atoms with Crippen LogP contribution in [0.2, 0.25) is 0 Å². The van der Waals surface area contributed by atoms with Gasteiger partial charge in [0.05, 0.1) is 24.8 Å². The van der Waals surface area contributed by atoms with E-state index in [2.05, 4.69) is 12.2 Å². The summed E-state index contributed by atoms with van der Waals surface area (Å²) >= 11 is 0. The third-order valence-electron chi connectivity index (χ3n) is 9.59. The van der Waals surface area contributed by atoms with Gasteiger partial charge in [-0.05, 0) is 87.0 Å². The second-order valence-corrected chi connectivity index (χ2v) is 11.9. The molecule has 0 radical (unpaired) electrons. The highest BCUT2D eigenvalue weighted by Crippen LogP contribution is 2.51. The van der Waals surface area contributed by atoms with Gasteiger partial charge in [0, 0.05) is 26.6 Å². The maximum Gasteiger partial charge on any atom is 0.140 e. The van der Waals surface area contributed by atoms with E-state index in [-0.39, 0.29) is 60.5 Å². The summed E-state index contributed by atoms with van der Waals surface area (Å²) in [6, 6.07) is 0. The minimum Gasteiger partial charge on any atom is -0.396 e. The fourth-order valence-electron chi connectivity index (χ4n) is 7.66. The lowest BCUT2D eigenvalue weighted by atomic mass is 9.55. The molecule has 5 N–H and O–H groups in total. The van der Waals surface area contributed by atoms with E-state index in [1.807, 2.05) is 0 Å². The molecule has 7 nitrogen and oxygen atoms in total. The molecule has 3 aliphatic rings. The Morgan fingerprint density at radius 1 is 0.972 bits per heavy atom. The van der Waals surface area contributed by atoms with Gasteiger partial charge in [-0.1, -0.05) is 32.6 Å². The number of carbonyl (C=O) groups excluding carboxylic acids is 2. The molecule has 1 saturated heterocycles. The Labute approximate surface area is 218 Å². The Kier molecular flexibility index (Phi) is 12.3. The van der Waals surface area contributed by atoms with Crippen LogP contribution in [-0.4, -0.2) is 60.4 Å². The van der Waals surface area contributed by atoms with E-state index in [0.29, 0.717) is 24.7 Å². The molecule has 7 heteroatoms. The normalized spacial score (nSPS) is 36.9. The van der Waals surface area contributed by atoms with Crippen LogP contribution in [0.4, 0.5) is 0 Å². The van der Waals surface area contributed by atoms with Crippen LogP contribution in [0.15, 0.2) is 0 Å². The molecule has 0 aromatic heterocycles. The first-order valence-corrected chi connectivity index (χ1v) is 14.7. The zero-order valence-corrected chi connectivity index (χ0v) is 22.7. The molecule has 0 aromatic rings. The van der Waals surface area contributed by atoms with Crippen molar-refractivity contribution in [2.75, 3.05) is 20.3 Å². The zero-order valence-electron chi connectivity index (χ0n) is 22.7. The van der Waals surface area contributed by atoms with Crippen LogP contribution in [0.25, 0.3) is 0 Å². The summed E-state index contributed by atoms with van der Waals surface area (Å²) in [5.74, 6) is 1.56. The summed E-state index contributed by atoms with van der Waals surface area (Å²) in [7, 11) is 1.66. The van der Waals surface area contributed by atoms with Gasteiger partial charge < -0.3 is 26.0 Å². The number of rotatable bonds is 14. The van der Waals surface area contributed by atoms with Gasteiger partial charge in [0.2, 0.25) is 0 Å². The fraction of sp³-hybridized carbons (Fsp3) is 0.931. The minimum absolute atomic E-state index is 0.0255. The van der Waals surface area contributed by atoms with Crippen molar-refractivity contribution in [1.82, 2.24) is 5.32 Å². The van der Waals surface area contributed by atoms with E-state index in [4.69, 9.17) is 10.5 Å². The first-order valence-electron chi connectivity index (χ1n) is 14.7. The van der Waals surface area contributed by atoms with Crippen molar-refractivity contribution in [3.63, 3.8) is 0 Å². The van der Waals surface area contributed by atoms with Gasteiger partial charge in [0.15, 0.2) is 0 Å². The van der Waals surface area contributed by atoms with Gasteiger partial charge in [-0.3, -0.25) is 9.59 Å². The van der Waals surface area contributed by atoms with E-state index >= 15 is 0 Å². The quantitative estimate of drug-likeness (QED) is 0.209. The smallest absolute Gasteiger partial charge is 0.140 e. The summed E-state index contributed by atoms with van der Waals surface area (Å²) < 4.78 is 5.74. The van der Waals surface area contributed by atoms with E-state index in [1.54, 1.807) is 7.11 Å². The van der Waals surface area contributed by atoms with Gasteiger partial charge in [-0.25, -0.2) is 0 Å². The summed E-state index contributed by atoms with van der Waals surface area (Å²) in [4.78, 5) is 24.9. The van der Waals surface area contributed by atoms with Crippen molar-refractivity contribution in [2.45, 2.75) is 115 Å². The van der Waals surface area contributed by atoms with Gasteiger partial charge in [0.25, 0.3) is 0 Å². The number of methoxy groups -OCH3 is 1. The number of fused-ring (bicyclic) bond motifs is 1. The minimum atomic E-state index is -0.569. The number of piperidine rings is 1. The number of hydrogen-bond donors (Lipinski definition) is 4. The lowest BCUT2D eigenvalue weighted by Crippen LogP contribution is -2.59. The molecule has 0 amide bonds. The number of nitrogens with two attached hydrogens (primary N) is 1. The van der Waals surface area contributed by atoms with E-state index in [9.17, 15) is 19.8 Å². The number of nitrogens with one attached hydrogen (secondary N) is 1. The highest BCUT2D eigenvalue weighted by Gasteiger charge is 2.50. The Hall–Kier alpha value is -0.860. The predicted octanol–water partition coefficient (Wildman–Crippen LogP) is 3.59. The zero-order chi connectivity index (χ0) is 26.1. The number of carbonyl (C=O) groups is 2. The molecule has 3 rings (SSSR count). The Balaban J connectivity index is 1.57. The third kappa shape index (κ3) is 7.83. The van der Waals surface area contributed by atoms with Gasteiger partial charge in [-0.2, -0.15) is 0 Å². The molecular weight excluding hydrogens is 456 g/mol. The number of Topliss-reactive ketones (excluding diaryl/α,β-unsaturated/α-hetero) is 2. The Morgan fingerprint density at radius 2 is 1.72 bits per heavy atom. The number of ketones is 2. The highest BCUT2D eigenvalue weighted by molar-refractivity contribution is 5.98. The van der Waals surface area contributed by atoms with Crippen molar-refractivity contribution in [3.8, 4) is 0 Å². The molecule has 208 valence electrons. The molecule has 9 atom stereocenters. The van der Waals surface area contributed by atoms with Crippen LogP contribution in [0.5, 0.6) is 0 Å². The SMILES string of the molecule is CCCCCCCC(=O)CC(=O)CCC1CC(OC)C(O)C(C2C(CO)CCC3C(N)NCCC32)C1. The Morgan fingerprint density at radius 3 is 2.44 bits per heavy atom. The van der Waals surface area contributed by atoms with Crippen molar-refractivity contribution >= 4 is 11.6 Å². The second-order valence-electron chi connectivity index (χ2n) is 11.9. The third-order valence-corrected chi connectivity index (χ3v) is 9.59. The number of aliphatic hydroxyl groups excluding tert-OH is 2. The first-order chi connectivity index (χ1) is 17.4. The van der Waals surface area contributed by atoms with E-state index < -0.39 is 6.10 Å². The van der Waals surface area contributed by atoms with Crippen LogP contribution < -0.4 is 11.1 Å². The monoisotopic (exact) mass is 508 g/mol. The van der Waals surface area contributed by atoms with Gasteiger partial charge >= 0.3 is 0 Å². The number of unbranched alkanes of at least 4 members (excludes halogenated alkanes) is 4. The summed E-state index contributed by atoms with van der Waals surface area (Å²) in [6.45, 7) is 3.19. The largest absolute Gasteiger partial charge is 0.396 e. The molecule has 3 fully saturated rings. The van der Waals surface area contributed by atoms with E-state index in [1.165, 1.54) is 12.8 Å². The molecular formula is C29H52N2O5. The van der Waals surface area contributed by atoms with Crippen LogP contribution >= 0.6 is 0 Å². The van der Waals surface area contributed by atoms with Crippen molar-refractivity contribution in [3.05, 3.63) is 0 Å². The molecule has 0 bridgehead atoms. The summed E-state index contributed by atoms with van der Waals surface area (Å²) in [5.41, 5.74) is 6.43. The fourth-order valence-corrected chi connectivity index (χ4v) is 7.66. The van der Waals surface area contributed by atoms with Crippen molar-refractivity contribution < 1.29 is 24.5 Å². The van der Waals surface area contributed by atoms with Crippen molar-refractivity contribution in [1.29, 1.82) is 0 Å². The number of ether oxygens (including phenoxy) is 1. The average Bonchev–Trinajstić information content (AvgIpc) is 2.87. The summed E-state index contributed by atoms with van der Waals surface area (Å²) in [5, 5.41) is 25.0. The molecule has 9 unspecified atom stereocenters. The second kappa shape index (κ2) is 14.9. The van der Waals surface area contributed by atoms with Crippen molar-refractivity contribution in [2.24, 2.45) is 41.2 Å². The maximum absolute atomic E-state index is 12.6. The molecule has 2 saturated carbocycles. The van der Waals surface area contributed by atoms with Crippen LogP contribution in [-0.2, 0) is 14.3 Å². The molecule has 36 heavy (non-hydrogen) atoms. The molecule has 0 spiro atoms. The lowest BCUT2D eigenvalue weighted by molar-refractivity contribution is -0.133. The Bertz CT molecular complexity index is 689. The predicted molar refractivity (Wildman–Crippen MR) is 141 cm³/mol. The van der Waals surface area contributed by atoms with Crippen LogP contribution in [0.3, 0.4) is 0 Å². The molecule has 1 heterocycles. The van der Waals surface area contributed by atoms with Crippen LogP contribution in [0, 0.1) is 35.5 Å². The lowest BCUT2D eigenvalue weighted by Gasteiger charge is -2.53.